The van der Waals surface area contributed by atoms with Crippen molar-refractivity contribution in [3.8, 4) is 16.9 Å². The van der Waals surface area contributed by atoms with E-state index in [1.54, 1.807) is 0 Å². The fourth-order valence-electron chi connectivity index (χ4n) is 11.8. The van der Waals surface area contributed by atoms with Crippen LogP contribution in [0.4, 0.5) is 22.7 Å². The predicted octanol–water partition coefficient (Wildman–Crippen LogP) is 16.8. The number of benzene rings is 8. The van der Waals surface area contributed by atoms with Crippen molar-refractivity contribution < 1.29 is 0 Å². The molecule has 346 valence electrons. The van der Waals surface area contributed by atoms with Crippen LogP contribution in [0.2, 0.25) is 0 Å². The molecule has 0 bridgehead atoms. The van der Waals surface area contributed by atoms with Crippen LogP contribution in [0.5, 0.6) is 0 Å². The molecular formula is C66H62N4. The minimum Gasteiger partial charge on any atom is -0.321 e. The van der Waals surface area contributed by atoms with Crippen molar-refractivity contribution in [1.82, 2.24) is 9.55 Å². The Balaban J connectivity index is 1.11. The summed E-state index contributed by atoms with van der Waals surface area (Å²) in [6.07, 6.45) is 4.09. The molecule has 0 amide bonds. The quantitative estimate of drug-likeness (QED) is 0.114. The van der Waals surface area contributed by atoms with Crippen LogP contribution in [-0.2, 0) is 18.3 Å². The van der Waals surface area contributed by atoms with E-state index in [1.165, 1.54) is 89.0 Å². The zero-order chi connectivity index (χ0) is 48.1. The van der Waals surface area contributed by atoms with Gasteiger partial charge in [-0.3, -0.25) is 4.57 Å². The molecular weight excluding hydrogens is 849 g/mol. The van der Waals surface area contributed by atoms with Gasteiger partial charge in [-0.25, -0.2) is 4.98 Å². The highest BCUT2D eigenvalue weighted by Crippen LogP contribution is 2.50. The Hall–Kier alpha value is -7.69. The highest BCUT2D eigenvalue weighted by atomic mass is 15.4. The van der Waals surface area contributed by atoms with Gasteiger partial charge in [-0.15, -0.1) is 0 Å². The van der Waals surface area contributed by atoms with Gasteiger partial charge in [0.15, 0.2) is 0 Å². The number of nitrogens with zero attached hydrogens (tertiary/aromatic N) is 4. The molecule has 70 heavy (non-hydrogen) atoms. The van der Waals surface area contributed by atoms with Crippen LogP contribution >= 0.6 is 0 Å². The summed E-state index contributed by atoms with van der Waals surface area (Å²) in [4.78, 5) is 10.2. The Labute approximate surface area is 414 Å². The third-order valence-electron chi connectivity index (χ3n) is 14.4. The first-order valence-corrected chi connectivity index (χ1v) is 25.1. The number of hydrogen-bond donors (Lipinski definition) is 0. The number of rotatable bonds is 12. The molecule has 0 unspecified atom stereocenters. The maximum Gasteiger partial charge on any atom is 0.138 e. The highest BCUT2D eigenvalue weighted by Gasteiger charge is 2.40. The van der Waals surface area contributed by atoms with Crippen molar-refractivity contribution in [1.29, 1.82) is 0 Å². The van der Waals surface area contributed by atoms with Crippen LogP contribution in [0.25, 0.3) is 38.8 Å². The molecule has 4 heteroatoms. The number of para-hydroxylation sites is 3. The summed E-state index contributed by atoms with van der Waals surface area (Å²) in [5.41, 5.74) is 20.3. The average Bonchev–Trinajstić information content (AvgIpc) is 3.91. The molecule has 1 aliphatic rings. The number of hydrogen-bond acceptors (Lipinski definition) is 3. The fourth-order valence-corrected chi connectivity index (χ4v) is 11.8. The van der Waals surface area contributed by atoms with Gasteiger partial charge in [0, 0.05) is 28.3 Å². The summed E-state index contributed by atoms with van der Waals surface area (Å²) in [5.74, 6) is 2.05. The zero-order valence-corrected chi connectivity index (χ0v) is 41.6. The average molecular weight is 911 g/mol. The maximum absolute atomic E-state index is 5.14. The standard InChI is InChI=1S/C66H62N4/c1-44(2)33-49-37-50(34-45(3)4)39-57(38-49)69-43-68(61-27-16-17-28-62(61)69)56-24-18-23-54(41-56)66(52-19-10-8-11-20-52,53-21-12-9-13-22-53)55-29-30-59-58-25-14-15-26-60(58)70(63(59)42-55)64-40-51(31-32-67-64)65-47(6)35-46(5)36-48(65)7/h8-32,35-42,44-45H,33-34,43H2,1-7H3. The summed E-state index contributed by atoms with van der Waals surface area (Å²) >= 11 is 0. The van der Waals surface area contributed by atoms with Gasteiger partial charge in [0.05, 0.1) is 27.8 Å². The van der Waals surface area contributed by atoms with Crippen LogP contribution in [0.1, 0.15) is 77.8 Å². The second-order valence-electron chi connectivity index (χ2n) is 20.5. The largest absolute Gasteiger partial charge is 0.321 e. The molecule has 11 rings (SSSR count). The molecule has 3 heterocycles. The molecule has 10 aromatic rings. The molecule has 8 aromatic carbocycles. The Kier molecular flexibility index (Phi) is 11.7. The van der Waals surface area contributed by atoms with Crippen molar-refractivity contribution in [2.75, 3.05) is 16.5 Å². The number of fused-ring (bicyclic) bond motifs is 4. The second-order valence-corrected chi connectivity index (χ2v) is 20.5. The maximum atomic E-state index is 5.14. The van der Waals surface area contributed by atoms with Crippen molar-refractivity contribution in [3.63, 3.8) is 0 Å². The van der Waals surface area contributed by atoms with E-state index >= 15 is 0 Å². The summed E-state index contributed by atoms with van der Waals surface area (Å²) in [6.45, 7) is 16.6. The summed E-state index contributed by atoms with van der Waals surface area (Å²) in [6, 6.07) is 72.8. The Morgan fingerprint density at radius 3 is 1.67 bits per heavy atom. The number of anilines is 4. The summed E-state index contributed by atoms with van der Waals surface area (Å²) < 4.78 is 2.38. The number of aryl methyl sites for hydroxylation is 3. The SMILES string of the molecule is Cc1cc(C)c(-c2ccnc(-n3c4ccccc4c4ccc(C(c5ccccc5)(c5ccccc5)c5cccc(N6CN(c7cc(CC(C)C)cc(CC(C)C)c7)c7ccccc76)c5)cc43)c2)c(C)c1. The van der Waals surface area contributed by atoms with E-state index in [1.807, 2.05) is 6.20 Å². The molecule has 0 fully saturated rings. The first kappa shape index (κ1) is 44.8. The van der Waals surface area contributed by atoms with Gasteiger partial charge < -0.3 is 9.80 Å². The zero-order valence-electron chi connectivity index (χ0n) is 41.6. The third kappa shape index (κ3) is 7.95. The van der Waals surface area contributed by atoms with E-state index in [0.29, 0.717) is 18.5 Å². The van der Waals surface area contributed by atoms with Crippen molar-refractivity contribution in [2.45, 2.75) is 66.7 Å². The van der Waals surface area contributed by atoms with Gasteiger partial charge in [-0.2, -0.15) is 0 Å². The van der Waals surface area contributed by atoms with Crippen LogP contribution in [0.15, 0.2) is 200 Å². The van der Waals surface area contributed by atoms with E-state index in [0.717, 1.165) is 35.4 Å². The Morgan fingerprint density at radius 2 is 1.03 bits per heavy atom. The van der Waals surface area contributed by atoms with Crippen molar-refractivity contribution in [3.05, 3.63) is 250 Å². The first-order chi connectivity index (χ1) is 34.1. The van der Waals surface area contributed by atoms with E-state index in [-0.39, 0.29) is 0 Å². The van der Waals surface area contributed by atoms with Crippen LogP contribution in [0, 0.1) is 32.6 Å². The second kappa shape index (κ2) is 18.3. The van der Waals surface area contributed by atoms with E-state index in [2.05, 4.69) is 257 Å². The molecule has 4 nitrogen and oxygen atoms in total. The van der Waals surface area contributed by atoms with E-state index < -0.39 is 5.41 Å². The molecule has 0 saturated heterocycles. The van der Waals surface area contributed by atoms with Crippen LogP contribution in [-0.4, -0.2) is 16.2 Å². The lowest BCUT2D eigenvalue weighted by atomic mass is 9.65. The summed E-state index contributed by atoms with van der Waals surface area (Å²) in [5, 5.41) is 2.40. The topological polar surface area (TPSA) is 24.3 Å². The molecule has 0 N–H and O–H groups in total. The highest BCUT2D eigenvalue weighted by molar-refractivity contribution is 6.09. The van der Waals surface area contributed by atoms with Crippen LogP contribution in [0.3, 0.4) is 0 Å². The third-order valence-corrected chi connectivity index (χ3v) is 14.4. The molecule has 0 spiro atoms. The lowest BCUT2D eigenvalue weighted by Gasteiger charge is -2.37. The van der Waals surface area contributed by atoms with Gasteiger partial charge >= 0.3 is 0 Å². The number of aromatic nitrogens is 2. The molecule has 1 aliphatic heterocycles. The van der Waals surface area contributed by atoms with Crippen molar-refractivity contribution in [2.24, 2.45) is 11.8 Å². The van der Waals surface area contributed by atoms with Gasteiger partial charge in [0.2, 0.25) is 0 Å². The molecule has 0 radical (unpaired) electrons. The van der Waals surface area contributed by atoms with Gasteiger partial charge in [-0.05, 0) is 162 Å². The van der Waals surface area contributed by atoms with E-state index in [9.17, 15) is 0 Å². The van der Waals surface area contributed by atoms with Crippen molar-refractivity contribution >= 4 is 44.6 Å². The summed E-state index contributed by atoms with van der Waals surface area (Å²) in [7, 11) is 0. The molecule has 0 saturated carbocycles. The van der Waals surface area contributed by atoms with Gasteiger partial charge in [0.1, 0.15) is 12.5 Å². The molecule has 0 aliphatic carbocycles. The van der Waals surface area contributed by atoms with Gasteiger partial charge in [-0.1, -0.05) is 167 Å². The van der Waals surface area contributed by atoms with E-state index in [4.69, 9.17) is 4.98 Å². The normalized spacial score (nSPS) is 12.8. The Bertz CT molecular complexity index is 3440. The Morgan fingerprint density at radius 1 is 0.471 bits per heavy atom. The lowest BCUT2D eigenvalue weighted by molar-refractivity contribution is 0.636. The minimum atomic E-state index is -0.699. The lowest BCUT2D eigenvalue weighted by Crippen LogP contribution is -2.31. The number of pyridine rings is 1. The molecule has 2 aromatic heterocycles. The molecule has 0 atom stereocenters. The smallest absolute Gasteiger partial charge is 0.138 e. The van der Waals surface area contributed by atoms with Gasteiger partial charge in [0.25, 0.3) is 0 Å². The fraction of sp³-hybridized carbons (Fsp3) is 0.197. The first-order valence-electron chi connectivity index (χ1n) is 25.1. The monoisotopic (exact) mass is 910 g/mol. The predicted molar refractivity (Wildman–Crippen MR) is 296 cm³/mol. The minimum absolute atomic E-state index is 0.575. The van der Waals surface area contributed by atoms with Crippen LogP contribution < -0.4 is 9.80 Å².